The fraction of sp³-hybridized carbons (Fsp3) is 0.471. The summed E-state index contributed by atoms with van der Waals surface area (Å²) in [7, 11) is 1.93. The first-order chi connectivity index (χ1) is 11.7. The molecule has 0 aliphatic carbocycles. The number of pyridine rings is 1. The van der Waals surface area contributed by atoms with Crippen molar-refractivity contribution in [3.8, 4) is 0 Å². The molecule has 128 valence electrons. The van der Waals surface area contributed by atoms with Crippen molar-refractivity contribution in [2.75, 3.05) is 29.9 Å². The first-order valence-electron chi connectivity index (χ1n) is 8.29. The van der Waals surface area contributed by atoms with Gasteiger partial charge in [-0.05, 0) is 31.9 Å². The Morgan fingerprint density at radius 2 is 2.29 bits per heavy atom. The van der Waals surface area contributed by atoms with Gasteiger partial charge in [-0.1, -0.05) is 0 Å². The molecule has 2 aromatic rings. The van der Waals surface area contributed by atoms with Crippen LogP contribution in [0.5, 0.6) is 0 Å². The molecule has 0 spiro atoms. The summed E-state index contributed by atoms with van der Waals surface area (Å²) in [5.41, 5.74) is 1.62. The first kappa shape index (κ1) is 16.3. The molecule has 1 aliphatic heterocycles. The molecule has 7 heteroatoms. The molecule has 7 nitrogen and oxygen atoms in total. The topological polar surface area (TPSA) is 72.3 Å². The molecule has 0 aromatic carbocycles. The summed E-state index contributed by atoms with van der Waals surface area (Å²) in [6.07, 6.45) is 7.71. The molecule has 1 fully saturated rings. The van der Waals surface area contributed by atoms with Crippen molar-refractivity contribution in [3.63, 3.8) is 0 Å². The standard InChI is InChI=1S/C17H23N5O2/c1-3-24-17(23)13-6-7-16(18-9-13)20-14-5-4-8-22(11-14)15-10-19-21(2)12-15/h6-7,9-10,12,14H,3-5,8,11H2,1-2H3,(H,18,20)/t14-/m1/s1. The number of aromatic nitrogens is 3. The van der Waals surface area contributed by atoms with Crippen LogP contribution in [-0.4, -0.2) is 46.5 Å². The first-order valence-corrected chi connectivity index (χ1v) is 8.29. The number of rotatable bonds is 5. The van der Waals surface area contributed by atoms with Crippen LogP contribution >= 0.6 is 0 Å². The van der Waals surface area contributed by atoms with Gasteiger partial charge in [0.05, 0.1) is 24.1 Å². The third-order valence-corrected chi connectivity index (χ3v) is 4.10. The number of anilines is 2. The Balaban J connectivity index is 1.60. The van der Waals surface area contributed by atoms with Crippen LogP contribution in [0, 0.1) is 0 Å². The van der Waals surface area contributed by atoms with E-state index >= 15 is 0 Å². The van der Waals surface area contributed by atoms with Crippen molar-refractivity contribution in [1.29, 1.82) is 0 Å². The van der Waals surface area contributed by atoms with Crippen molar-refractivity contribution in [2.24, 2.45) is 7.05 Å². The number of nitrogens with one attached hydrogen (secondary N) is 1. The Kier molecular flexibility index (Phi) is 4.98. The van der Waals surface area contributed by atoms with Gasteiger partial charge in [-0.25, -0.2) is 9.78 Å². The van der Waals surface area contributed by atoms with E-state index in [1.165, 1.54) is 0 Å². The summed E-state index contributed by atoms with van der Waals surface area (Å²) in [6.45, 7) is 4.11. The van der Waals surface area contributed by atoms with Crippen molar-refractivity contribution < 1.29 is 9.53 Å². The monoisotopic (exact) mass is 329 g/mol. The highest BCUT2D eigenvalue weighted by atomic mass is 16.5. The molecule has 3 heterocycles. The number of aryl methyl sites for hydroxylation is 1. The Morgan fingerprint density at radius 3 is 2.96 bits per heavy atom. The third kappa shape index (κ3) is 3.84. The molecule has 1 N–H and O–H groups in total. The van der Waals surface area contributed by atoms with Gasteiger partial charge < -0.3 is 15.0 Å². The minimum atomic E-state index is -0.336. The van der Waals surface area contributed by atoms with Gasteiger partial charge in [-0.15, -0.1) is 0 Å². The molecule has 24 heavy (non-hydrogen) atoms. The van der Waals surface area contributed by atoms with Crippen LogP contribution < -0.4 is 10.2 Å². The van der Waals surface area contributed by atoms with Crippen molar-refractivity contribution in [3.05, 3.63) is 36.3 Å². The van der Waals surface area contributed by atoms with Gasteiger partial charge in [0.1, 0.15) is 5.82 Å². The normalized spacial score (nSPS) is 17.6. The fourth-order valence-electron chi connectivity index (χ4n) is 2.92. The number of nitrogens with zero attached hydrogens (tertiary/aromatic N) is 4. The molecule has 2 aromatic heterocycles. The van der Waals surface area contributed by atoms with E-state index < -0.39 is 0 Å². The molecule has 3 rings (SSSR count). The zero-order valence-electron chi connectivity index (χ0n) is 14.1. The molecule has 0 amide bonds. The lowest BCUT2D eigenvalue weighted by Gasteiger charge is -2.34. The van der Waals surface area contributed by atoms with Crippen LogP contribution in [0.15, 0.2) is 30.7 Å². The molecule has 0 radical (unpaired) electrons. The van der Waals surface area contributed by atoms with Gasteiger partial charge in [0.2, 0.25) is 0 Å². The van der Waals surface area contributed by atoms with E-state index in [0.717, 1.165) is 37.4 Å². The zero-order chi connectivity index (χ0) is 16.9. The molecule has 0 saturated carbocycles. The number of carbonyl (C=O) groups is 1. The third-order valence-electron chi connectivity index (χ3n) is 4.10. The summed E-state index contributed by atoms with van der Waals surface area (Å²) in [4.78, 5) is 18.3. The highest BCUT2D eigenvalue weighted by Crippen LogP contribution is 2.21. The lowest BCUT2D eigenvalue weighted by atomic mass is 10.1. The summed E-state index contributed by atoms with van der Waals surface area (Å²) < 4.78 is 6.79. The zero-order valence-corrected chi connectivity index (χ0v) is 14.1. The predicted molar refractivity (Wildman–Crippen MR) is 92.3 cm³/mol. The molecule has 0 bridgehead atoms. The Hall–Kier alpha value is -2.57. The van der Waals surface area contributed by atoms with Gasteiger partial charge in [0.15, 0.2) is 0 Å². The van der Waals surface area contributed by atoms with Crippen molar-refractivity contribution >= 4 is 17.5 Å². The van der Waals surface area contributed by atoms with Gasteiger partial charge in [0.25, 0.3) is 0 Å². The lowest BCUT2D eigenvalue weighted by Crippen LogP contribution is -2.42. The molecule has 1 atom stereocenters. The predicted octanol–water partition coefficient (Wildman–Crippen LogP) is 2.07. The molecule has 1 saturated heterocycles. The number of esters is 1. The SMILES string of the molecule is CCOC(=O)c1ccc(N[C@@H]2CCCN(c3cnn(C)c3)C2)nc1. The molecular formula is C17H23N5O2. The van der Waals surface area contributed by atoms with Crippen LogP contribution in [0.2, 0.25) is 0 Å². The van der Waals surface area contributed by atoms with Gasteiger partial charge in [-0.2, -0.15) is 5.10 Å². The van der Waals surface area contributed by atoms with Crippen LogP contribution in [0.1, 0.15) is 30.1 Å². The van der Waals surface area contributed by atoms with Gasteiger partial charge in [-0.3, -0.25) is 4.68 Å². The maximum atomic E-state index is 11.7. The van der Waals surface area contributed by atoms with E-state index in [1.54, 1.807) is 19.2 Å². The summed E-state index contributed by atoms with van der Waals surface area (Å²) in [5.74, 6) is 0.443. The number of hydrogen-bond acceptors (Lipinski definition) is 6. The van der Waals surface area contributed by atoms with Crippen LogP contribution in [0.25, 0.3) is 0 Å². The average Bonchev–Trinajstić information content (AvgIpc) is 3.03. The van der Waals surface area contributed by atoms with E-state index in [9.17, 15) is 4.79 Å². The largest absolute Gasteiger partial charge is 0.462 e. The van der Waals surface area contributed by atoms with Crippen molar-refractivity contribution in [1.82, 2.24) is 14.8 Å². The van der Waals surface area contributed by atoms with E-state index in [-0.39, 0.29) is 5.97 Å². The Bertz CT molecular complexity index is 683. The number of ether oxygens (including phenoxy) is 1. The number of piperidine rings is 1. The minimum Gasteiger partial charge on any atom is -0.462 e. The Morgan fingerprint density at radius 1 is 1.42 bits per heavy atom. The number of carbonyl (C=O) groups excluding carboxylic acids is 1. The quantitative estimate of drug-likeness (QED) is 0.847. The Labute approximate surface area is 141 Å². The maximum absolute atomic E-state index is 11.7. The van der Waals surface area contributed by atoms with Gasteiger partial charge >= 0.3 is 5.97 Å². The molecular weight excluding hydrogens is 306 g/mol. The highest BCUT2D eigenvalue weighted by Gasteiger charge is 2.21. The molecule has 1 aliphatic rings. The van der Waals surface area contributed by atoms with E-state index in [1.807, 2.05) is 30.2 Å². The fourth-order valence-corrected chi connectivity index (χ4v) is 2.92. The molecule has 0 unspecified atom stereocenters. The van der Waals surface area contributed by atoms with E-state index in [4.69, 9.17) is 4.74 Å². The minimum absolute atomic E-state index is 0.319. The van der Waals surface area contributed by atoms with Gasteiger partial charge in [0, 0.05) is 38.6 Å². The summed E-state index contributed by atoms with van der Waals surface area (Å²) in [6, 6.07) is 3.89. The van der Waals surface area contributed by atoms with E-state index in [2.05, 4.69) is 20.3 Å². The second-order valence-corrected chi connectivity index (χ2v) is 5.95. The lowest BCUT2D eigenvalue weighted by molar-refractivity contribution is 0.0526. The maximum Gasteiger partial charge on any atom is 0.339 e. The second-order valence-electron chi connectivity index (χ2n) is 5.95. The van der Waals surface area contributed by atoms with Crippen molar-refractivity contribution in [2.45, 2.75) is 25.8 Å². The summed E-state index contributed by atoms with van der Waals surface area (Å²) >= 11 is 0. The summed E-state index contributed by atoms with van der Waals surface area (Å²) in [5, 5.41) is 7.69. The van der Waals surface area contributed by atoms with E-state index in [0.29, 0.717) is 18.2 Å². The number of hydrogen-bond donors (Lipinski definition) is 1. The smallest absolute Gasteiger partial charge is 0.339 e. The van der Waals surface area contributed by atoms with Crippen LogP contribution in [-0.2, 0) is 11.8 Å². The second kappa shape index (κ2) is 7.33. The van der Waals surface area contributed by atoms with Crippen LogP contribution in [0.3, 0.4) is 0 Å². The average molecular weight is 329 g/mol. The van der Waals surface area contributed by atoms with Crippen LogP contribution in [0.4, 0.5) is 11.5 Å². The highest BCUT2D eigenvalue weighted by molar-refractivity contribution is 5.89.